The molecule has 0 aliphatic carbocycles. The number of aryl methyl sites for hydroxylation is 1. The molecule has 2 aromatic carbocycles. The Bertz CT molecular complexity index is 874. The highest BCUT2D eigenvalue weighted by molar-refractivity contribution is 8.30. The van der Waals surface area contributed by atoms with Crippen molar-refractivity contribution in [2.75, 3.05) is 0 Å². The zero-order chi connectivity index (χ0) is 16.5. The van der Waals surface area contributed by atoms with Gasteiger partial charge in [-0.05, 0) is 36.1 Å². The summed E-state index contributed by atoms with van der Waals surface area (Å²) in [6, 6.07) is 6.53. The van der Waals surface area contributed by atoms with Crippen LogP contribution in [0.5, 0.6) is 0 Å². The highest BCUT2D eigenvalue weighted by atomic mass is 32.3. The Kier molecular flexibility index (Phi) is 4.04. The molecule has 22 heavy (non-hydrogen) atoms. The van der Waals surface area contributed by atoms with Gasteiger partial charge in [-0.25, -0.2) is 0 Å². The standard InChI is InChI=1S/C11H9N3O6S2/c1-7-5-9(21(12-15,13-16)14-17)6-8-3-2-4-10(11(7)8)22(18,19)20/h2-6H,1H3,(H,18,19,20). The van der Waals surface area contributed by atoms with Crippen LogP contribution >= 0.6 is 10.6 Å². The Balaban J connectivity index is 2.90. The van der Waals surface area contributed by atoms with E-state index in [4.69, 9.17) is 0 Å². The molecule has 0 heterocycles. The molecule has 0 saturated heterocycles. The van der Waals surface area contributed by atoms with Crippen LogP contribution in [0.4, 0.5) is 0 Å². The molecule has 0 unspecified atom stereocenters. The first-order valence-electron chi connectivity index (χ1n) is 5.67. The lowest BCUT2D eigenvalue weighted by atomic mass is 10.1. The highest BCUT2D eigenvalue weighted by Gasteiger charge is 2.32. The minimum atomic E-state index is -4.47. The van der Waals surface area contributed by atoms with Crippen LogP contribution in [-0.4, -0.2) is 13.0 Å². The number of rotatable bonds is 5. The fraction of sp³-hybridized carbons (Fsp3) is 0.0909. The Morgan fingerprint density at radius 1 is 1.00 bits per heavy atom. The van der Waals surface area contributed by atoms with Crippen molar-refractivity contribution in [2.24, 2.45) is 13.7 Å². The van der Waals surface area contributed by atoms with Gasteiger partial charge in [-0.1, -0.05) is 12.1 Å². The second-order valence-electron chi connectivity index (χ2n) is 4.31. The lowest BCUT2D eigenvalue weighted by Crippen LogP contribution is -2.01. The molecule has 0 amide bonds. The van der Waals surface area contributed by atoms with Gasteiger partial charge < -0.3 is 0 Å². The van der Waals surface area contributed by atoms with Gasteiger partial charge in [-0.15, -0.1) is 14.7 Å². The van der Waals surface area contributed by atoms with Gasteiger partial charge in [0.05, 0.1) is 4.90 Å². The average Bonchev–Trinajstić information content (AvgIpc) is 2.48. The van der Waals surface area contributed by atoms with E-state index in [0.29, 0.717) is 5.56 Å². The monoisotopic (exact) mass is 343 g/mol. The van der Waals surface area contributed by atoms with Crippen molar-refractivity contribution < 1.29 is 13.0 Å². The minimum absolute atomic E-state index is 0.106. The van der Waals surface area contributed by atoms with Gasteiger partial charge in [0.2, 0.25) is 0 Å². The van der Waals surface area contributed by atoms with Gasteiger partial charge >= 0.3 is 0 Å². The fourth-order valence-corrected chi connectivity index (χ4v) is 3.86. The van der Waals surface area contributed by atoms with Gasteiger partial charge in [0, 0.05) is 19.1 Å². The molecule has 116 valence electrons. The molecule has 0 saturated carbocycles. The van der Waals surface area contributed by atoms with E-state index in [1.807, 2.05) is 0 Å². The van der Waals surface area contributed by atoms with Crippen LogP contribution in [0.25, 0.3) is 10.8 Å². The van der Waals surface area contributed by atoms with Crippen molar-refractivity contribution in [3.8, 4) is 0 Å². The molecule has 9 nitrogen and oxygen atoms in total. The summed E-state index contributed by atoms with van der Waals surface area (Å²) < 4.78 is 39.4. The SMILES string of the molecule is Cc1cc(S(N=O)(N=O)N=O)cc2cccc(S(=O)(=O)O)c12. The van der Waals surface area contributed by atoms with E-state index in [-0.39, 0.29) is 20.6 Å². The third kappa shape index (κ3) is 2.49. The van der Waals surface area contributed by atoms with E-state index in [2.05, 4.69) is 13.7 Å². The number of hydrogen-bond donors (Lipinski definition) is 1. The molecule has 0 radical (unpaired) electrons. The molecule has 0 aromatic heterocycles. The van der Waals surface area contributed by atoms with Crippen LogP contribution in [0.2, 0.25) is 0 Å². The Labute approximate surface area is 126 Å². The molecule has 0 aliphatic rings. The van der Waals surface area contributed by atoms with Gasteiger partial charge in [0.25, 0.3) is 10.1 Å². The van der Waals surface area contributed by atoms with E-state index < -0.39 is 20.7 Å². The van der Waals surface area contributed by atoms with Gasteiger partial charge in [0.1, 0.15) is 4.90 Å². The summed E-state index contributed by atoms with van der Waals surface area (Å²) >= 11 is 0. The van der Waals surface area contributed by atoms with E-state index in [0.717, 1.165) is 0 Å². The van der Waals surface area contributed by atoms with Crippen LogP contribution in [0.1, 0.15) is 5.56 Å². The average molecular weight is 343 g/mol. The molecule has 11 heteroatoms. The highest BCUT2D eigenvalue weighted by Crippen LogP contribution is 2.60. The normalized spacial score (nSPS) is 12.8. The van der Waals surface area contributed by atoms with Gasteiger partial charge in [-0.2, -0.15) is 8.42 Å². The van der Waals surface area contributed by atoms with E-state index in [9.17, 15) is 27.7 Å². The molecule has 0 bridgehead atoms. The summed E-state index contributed by atoms with van der Waals surface area (Å²) in [7, 11) is -8.12. The molecule has 0 aliphatic heterocycles. The predicted molar refractivity (Wildman–Crippen MR) is 81.7 cm³/mol. The topological polar surface area (TPSA) is 143 Å². The van der Waals surface area contributed by atoms with Gasteiger partial charge in [0.15, 0.2) is 10.6 Å². The predicted octanol–water partition coefficient (Wildman–Crippen LogP) is 3.60. The van der Waals surface area contributed by atoms with Crippen LogP contribution in [0, 0.1) is 21.6 Å². The van der Waals surface area contributed by atoms with Crippen molar-refractivity contribution in [3.63, 3.8) is 0 Å². The molecule has 2 aromatic rings. The first kappa shape index (κ1) is 16.1. The summed E-state index contributed by atoms with van der Waals surface area (Å²) in [6.45, 7) is 1.49. The van der Waals surface area contributed by atoms with Crippen molar-refractivity contribution in [1.82, 2.24) is 0 Å². The zero-order valence-electron chi connectivity index (χ0n) is 11.0. The summed E-state index contributed by atoms with van der Waals surface area (Å²) in [5.41, 5.74) is 0.313. The molecule has 0 spiro atoms. The van der Waals surface area contributed by atoms with Crippen LogP contribution in [0.15, 0.2) is 53.9 Å². The molecule has 0 fully saturated rings. The Morgan fingerprint density at radius 2 is 1.59 bits per heavy atom. The number of benzene rings is 2. The van der Waals surface area contributed by atoms with Crippen molar-refractivity contribution in [2.45, 2.75) is 16.7 Å². The third-order valence-corrected chi connectivity index (χ3v) is 5.40. The Hall–Kier alpha value is -2.24. The molecular formula is C11H9N3O6S2. The van der Waals surface area contributed by atoms with E-state index in [1.165, 1.54) is 37.3 Å². The number of nitrogens with zero attached hydrogens (tertiary/aromatic N) is 3. The maximum absolute atomic E-state index is 11.4. The van der Waals surface area contributed by atoms with Crippen LogP contribution in [0.3, 0.4) is 0 Å². The smallest absolute Gasteiger partial charge is 0.282 e. The largest absolute Gasteiger partial charge is 0.295 e. The van der Waals surface area contributed by atoms with E-state index in [1.54, 1.807) is 0 Å². The molecule has 0 atom stereocenters. The van der Waals surface area contributed by atoms with Crippen molar-refractivity contribution >= 4 is 31.5 Å². The summed E-state index contributed by atoms with van der Waals surface area (Å²) in [6.07, 6.45) is 0. The number of hydrogen-bond acceptors (Lipinski definition) is 8. The van der Waals surface area contributed by atoms with E-state index >= 15 is 0 Å². The lowest BCUT2D eigenvalue weighted by Gasteiger charge is -2.16. The summed E-state index contributed by atoms with van der Waals surface area (Å²) in [4.78, 5) is 32.0. The second-order valence-corrected chi connectivity index (χ2v) is 7.66. The van der Waals surface area contributed by atoms with Crippen LogP contribution in [-0.2, 0) is 10.1 Å². The zero-order valence-corrected chi connectivity index (χ0v) is 12.7. The minimum Gasteiger partial charge on any atom is -0.282 e. The second kappa shape index (κ2) is 5.51. The first-order chi connectivity index (χ1) is 10.3. The summed E-state index contributed by atoms with van der Waals surface area (Å²) in [5, 5.41) is 0.489. The fourth-order valence-electron chi connectivity index (χ4n) is 2.11. The molecular weight excluding hydrogens is 334 g/mol. The lowest BCUT2D eigenvalue weighted by molar-refractivity contribution is 0.484. The maximum atomic E-state index is 11.4. The van der Waals surface area contributed by atoms with Gasteiger partial charge in [-0.3, -0.25) is 4.55 Å². The van der Waals surface area contributed by atoms with Crippen molar-refractivity contribution in [1.29, 1.82) is 0 Å². The van der Waals surface area contributed by atoms with Crippen LogP contribution < -0.4 is 0 Å². The number of nitroso groups, excluding NO2 is 3. The maximum Gasteiger partial charge on any atom is 0.295 e. The first-order valence-corrected chi connectivity index (χ1v) is 8.61. The number of fused-ring (bicyclic) bond motifs is 1. The third-order valence-electron chi connectivity index (χ3n) is 3.02. The Morgan fingerprint density at radius 3 is 2.09 bits per heavy atom. The summed E-state index contributed by atoms with van der Waals surface area (Å²) in [5.74, 6) is 0. The molecule has 1 N–H and O–H groups in total. The van der Waals surface area contributed by atoms with Crippen molar-refractivity contribution in [3.05, 3.63) is 50.6 Å². The molecule has 2 rings (SSSR count). The quantitative estimate of drug-likeness (QED) is 0.649.